The van der Waals surface area contributed by atoms with E-state index in [0.29, 0.717) is 0 Å². The lowest BCUT2D eigenvalue weighted by atomic mass is 10.0. The Labute approximate surface area is 138 Å². The Balaban J connectivity index is 0. The molecule has 0 saturated carbocycles. The van der Waals surface area contributed by atoms with Crippen molar-refractivity contribution in [1.29, 1.82) is 0 Å². The standard InChI is InChI=1S/C15H18.C3H9N.C3H6/c1-4-6-7-14(5-2)12-15-10-8-13(3)9-11-15;1-3-4-2;1-3-2/h4-11H,1,12H2,2-3H3;4H,3H2,1-2H3;3H,1H2,2H3/b7-6-,14-5+;;. The summed E-state index contributed by atoms with van der Waals surface area (Å²) in [5.74, 6) is 0. The highest BCUT2D eigenvalue weighted by Gasteiger charge is 1.94. The molecule has 0 atom stereocenters. The summed E-state index contributed by atoms with van der Waals surface area (Å²) in [6, 6.07) is 8.67. The summed E-state index contributed by atoms with van der Waals surface area (Å²) >= 11 is 0. The number of allylic oxidation sites excluding steroid dienone is 6. The van der Waals surface area contributed by atoms with Crippen molar-refractivity contribution in [2.75, 3.05) is 13.6 Å². The lowest BCUT2D eigenvalue weighted by molar-refractivity contribution is 0.864. The highest BCUT2D eigenvalue weighted by Crippen LogP contribution is 2.10. The van der Waals surface area contributed by atoms with E-state index in [1.807, 2.05) is 20.0 Å². The van der Waals surface area contributed by atoms with Crippen LogP contribution in [0, 0.1) is 6.92 Å². The molecule has 0 fully saturated rings. The van der Waals surface area contributed by atoms with Gasteiger partial charge in [-0.05, 0) is 51.9 Å². The van der Waals surface area contributed by atoms with Gasteiger partial charge in [-0.2, -0.15) is 0 Å². The van der Waals surface area contributed by atoms with Crippen molar-refractivity contribution in [3.63, 3.8) is 0 Å². The molecule has 1 aromatic carbocycles. The fourth-order valence-electron chi connectivity index (χ4n) is 1.39. The maximum absolute atomic E-state index is 3.67. The van der Waals surface area contributed by atoms with Gasteiger partial charge in [0.1, 0.15) is 0 Å². The molecule has 0 radical (unpaired) electrons. The molecule has 1 rings (SSSR count). The van der Waals surface area contributed by atoms with E-state index in [-0.39, 0.29) is 0 Å². The van der Waals surface area contributed by atoms with Crippen molar-refractivity contribution in [2.45, 2.75) is 34.1 Å². The summed E-state index contributed by atoms with van der Waals surface area (Å²) in [5, 5.41) is 2.93. The van der Waals surface area contributed by atoms with Crippen LogP contribution in [-0.2, 0) is 6.42 Å². The third-order valence-corrected chi connectivity index (χ3v) is 2.70. The van der Waals surface area contributed by atoms with Crippen molar-refractivity contribution < 1.29 is 0 Å². The van der Waals surface area contributed by atoms with Crippen molar-refractivity contribution >= 4 is 0 Å². The molecule has 0 saturated heterocycles. The van der Waals surface area contributed by atoms with Gasteiger partial charge in [0.15, 0.2) is 0 Å². The second kappa shape index (κ2) is 17.2. The average Bonchev–Trinajstić information content (AvgIpc) is 2.54. The monoisotopic (exact) mass is 299 g/mol. The lowest BCUT2D eigenvalue weighted by Crippen LogP contribution is -2.01. The first kappa shape index (κ1) is 22.4. The van der Waals surface area contributed by atoms with Crippen molar-refractivity contribution in [2.24, 2.45) is 0 Å². The maximum Gasteiger partial charge on any atom is -0.00290 e. The third-order valence-electron chi connectivity index (χ3n) is 2.70. The van der Waals surface area contributed by atoms with E-state index in [4.69, 9.17) is 0 Å². The van der Waals surface area contributed by atoms with Crippen LogP contribution in [0.15, 0.2) is 73.4 Å². The van der Waals surface area contributed by atoms with Gasteiger partial charge in [-0.15, -0.1) is 6.58 Å². The van der Waals surface area contributed by atoms with Crippen LogP contribution in [0.1, 0.15) is 31.9 Å². The predicted molar refractivity (Wildman–Crippen MR) is 103 cm³/mol. The SMILES string of the molecule is C=C/C=C\C(=C/C)Cc1ccc(C)cc1.C=CC.CCNC. The maximum atomic E-state index is 3.67. The van der Waals surface area contributed by atoms with Gasteiger partial charge in [-0.1, -0.05) is 73.7 Å². The summed E-state index contributed by atoms with van der Waals surface area (Å²) in [6.07, 6.45) is 10.8. The van der Waals surface area contributed by atoms with E-state index in [1.165, 1.54) is 16.7 Å². The van der Waals surface area contributed by atoms with Crippen LogP contribution in [0.25, 0.3) is 0 Å². The number of hydrogen-bond donors (Lipinski definition) is 1. The quantitative estimate of drug-likeness (QED) is 0.547. The van der Waals surface area contributed by atoms with Crippen LogP contribution in [-0.4, -0.2) is 13.6 Å². The van der Waals surface area contributed by atoms with Gasteiger partial charge >= 0.3 is 0 Å². The highest BCUT2D eigenvalue weighted by atomic mass is 14.8. The largest absolute Gasteiger partial charge is 0.320 e. The molecule has 0 spiro atoms. The first-order valence-electron chi connectivity index (χ1n) is 7.80. The Morgan fingerprint density at radius 2 is 1.64 bits per heavy atom. The molecule has 0 amide bonds. The minimum atomic E-state index is 0.987. The van der Waals surface area contributed by atoms with E-state index >= 15 is 0 Å². The lowest BCUT2D eigenvalue weighted by Gasteiger charge is -2.02. The van der Waals surface area contributed by atoms with Gasteiger partial charge in [0, 0.05) is 0 Å². The van der Waals surface area contributed by atoms with E-state index in [9.17, 15) is 0 Å². The van der Waals surface area contributed by atoms with Gasteiger partial charge in [-0.3, -0.25) is 0 Å². The Bertz CT molecular complexity index is 433. The molecule has 1 nitrogen and oxygen atoms in total. The normalized spacial score (nSPS) is 10.1. The predicted octanol–water partition coefficient (Wildman–Crippen LogP) is 5.64. The summed E-state index contributed by atoms with van der Waals surface area (Å²) in [5.41, 5.74) is 3.98. The number of aryl methyl sites for hydroxylation is 1. The van der Waals surface area contributed by atoms with Crippen molar-refractivity contribution in [3.8, 4) is 0 Å². The van der Waals surface area contributed by atoms with Crippen molar-refractivity contribution in [1.82, 2.24) is 5.32 Å². The van der Waals surface area contributed by atoms with Crippen LogP contribution >= 0.6 is 0 Å². The number of hydrogen-bond acceptors (Lipinski definition) is 1. The molecule has 0 aliphatic heterocycles. The number of nitrogens with one attached hydrogen (secondary N) is 1. The van der Waals surface area contributed by atoms with Crippen LogP contribution in [0.5, 0.6) is 0 Å². The van der Waals surface area contributed by atoms with Crippen LogP contribution in [0.4, 0.5) is 0 Å². The van der Waals surface area contributed by atoms with Gasteiger partial charge in [0.05, 0.1) is 0 Å². The Kier molecular flexibility index (Phi) is 17.5. The molecule has 0 unspecified atom stereocenters. The summed E-state index contributed by atoms with van der Waals surface area (Å²) in [4.78, 5) is 0. The van der Waals surface area contributed by atoms with E-state index in [0.717, 1.165) is 13.0 Å². The van der Waals surface area contributed by atoms with E-state index in [2.05, 4.69) is 75.7 Å². The zero-order valence-electron chi connectivity index (χ0n) is 15.0. The van der Waals surface area contributed by atoms with E-state index < -0.39 is 0 Å². The van der Waals surface area contributed by atoms with Crippen LogP contribution in [0.3, 0.4) is 0 Å². The first-order chi connectivity index (χ1) is 10.6. The first-order valence-corrected chi connectivity index (χ1v) is 7.80. The Morgan fingerprint density at radius 3 is 2.00 bits per heavy atom. The molecule has 0 aliphatic carbocycles. The summed E-state index contributed by atoms with van der Waals surface area (Å²) < 4.78 is 0. The number of benzene rings is 1. The molecular weight excluding hydrogens is 266 g/mol. The fraction of sp³-hybridized carbons (Fsp3) is 0.333. The Morgan fingerprint density at radius 1 is 1.14 bits per heavy atom. The average molecular weight is 300 g/mol. The molecular formula is C21H33N. The molecule has 1 aromatic rings. The summed E-state index contributed by atoms with van der Waals surface area (Å²) in [7, 11) is 1.93. The fourth-order valence-corrected chi connectivity index (χ4v) is 1.39. The van der Waals surface area contributed by atoms with Gasteiger partial charge in [0.2, 0.25) is 0 Å². The summed E-state index contributed by atoms with van der Waals surface area (Å²) in [6.45, 7) is 16.2. The van der Waals surface area contributed by atoms with Crippen molar-refractivity contribution in [3.05, 3.63) is 84.5 Å². The zero-order valence-corrected chi connectivity index (χ0v) is 15.0. The molecule has 0 aromatic heterocycles. The minimum Gasteiger partial charge on any atom is -0.320 e. The van der Waals surface area contributed by atoms with Gasteiger partial charge < -0.3 is 5.32 Å². The zero-order chi connectivity index (χ0) is 17.2. The molecule has 122 valence electrons. The van der Waals surface area contributed by atoms with Crippen LogP contribution in [0.2, 0.25) is 0 Å². The Hall–Kier alpha value is -1.86. The molecule has 22 heavy (non-hydrogen) atoms. The minimum absolute atomic E-state index is 0.987. The van der Waals surface area contributed by atoms with Gasteiger partial charge in [0.25, 0.3) is 0 Å². The molecule has 1 N–H and O–H groups in total. The smallest absolute Gasteiger partial charge is 0.00290 e. The second-order valence-corrected chi connectivity index (χ2v) is 4.74. The highest BCUT2D eigenvalue weighted by molar-refractivity contribution is 5.30. The number of rotatable bonds is 5. The topological polar surface area (TPSA) is 12.0 Å². The van der Waals surface area contributed by atoms with Gasteiger partial charge in [-0.25, -0.2) is 0 Å². The van der Waals surface area contributed by atoms with Crippen LogP contribution < -0.4 is 5.32 Å². The molecule has 0 bridgehead atoms. The third kappa shape index (κ3) is 14.5. The molecule has 1 heteroatoms. The molecule has 0 heterocycles. The van der Waals surface area contributed by atoms with E-state index in [1.54, 1.807) is 12.2 Å². The molecule has 0 aliphatic rings. The second-order valence-electron chi connectivity index (χ2n) is 4.74.